The largest absolute Gasteiger partial charge is 0.328 e. The third-order valence-electron chi connectivity index (χ3n) is 2.40. The van der Waals surface area contributed by atoms with Crippen LogP contribution < -0.4 is 5.14 Å². The lowest BCUT2D eigenvalue weighted by Crippen LogP contribution is -2.31. The standard InChI is InChI=1S/C12H13FN2O3S/c1-3-5-15(4-2)12(16)9-6-10(13)8-11(7-9)19(14,17)18/h1,6-8H,4-5H2,2H3,(H2,14,17,18). The van der Waals surface area contributed by atoms with E-state index >= 15 is 0 Å². The minimum absolute atomic E-state index is 0.0521. The number of sulfonamides is 1. The van der Waals surface area contributed by atoms with E-state index in [9.17, 15) is 17.6 Å². The molecule has 0 aliphatic carbocycles. The number of carbonyl (C=O) groups excluding carboxylic acids is 1. The Balaban J connectivity index is 3.25. The van der Waals surface area contributed by atoms with Gasteiger partial charge in [-0.2, -0.15) is 0 Å². The van der Waals surface area contributed by atoms with Crippen LogP contribution in [0, 0.1) is 18.2 Å². The summed E-state index contributed by atoms with van der Waals surface area (Å²) in [6.07, 6.45) is 5.12. The second kappa shape index (κ2) is 5.82. The van der Waals surface area contributed by atoms with Crippen LogP contribution in [0.3, 0.4) is 0 Å². The van der Waals surface area contributed by atoms with Gasteiger partial charge in [-0.25, -0.2) is 17.9 Å². The topological polar surface area (TPSA) is 80.5 Å². The Morgan fingerprint density at radius 2 is 2.11 bits per heavy atom. The smallest absolute Gasteiger partial charge is 0.254 e. The molecule has 1 aromatic carbocycles. The first kappa shape index (κ1) is 15.1. The average Bonchev–Trinajstić information content (AvgIpc) is 2.33. The number of nitrogens with two attached hydrogens (primary N) is 1. The van der Waals surface area contributed by atoms with E-state index in [-0.39, 0.29) is 12.1 Å². The van der Waals surface area contributed by atoms with Crippen LogP contribution in [-0.2, 0) is 10.0 Å². The second-order valence-corrected chi connectivity index (χ2v) is 5.31. The number of hydrogen-bond donors (Lipinski definition) is 1. The molecule has 19 heavy (non-hydrogen) atoms. The van der Waals surface area contributed by atoms with Gasteiger partial charge in [0.2, 0.25) is 10.0 Å². The minimum atomic E-state index is -4.08. The van der Waals surface area contributed by atoms with Crippen molar-refractivity contribution in [1.82, 2.24) is 4.90 Å². The molecular formula is C12H13FN2O3S. The molecule has 0 aliphatic heterocycles. The summed E-state index contributed by atoms with van der Waals surface area (Å²) in [5.41, 5.74) is -0.110. The van der Waals surface area contributed by atoms with Crippen LogP contribution in [0.5, 0.6) is 0 Å². The maximum Gasteiger partial charge on any atom is 0.254 e. The molecule has 0 heterocycles. The van der Waals surface area contributed by atoms with Gasteiger partial charge in [0.1, 0.15) is 5.82 Å². The van der Waals surface area contributed by atoms with Crippen LogP contribution in [0.15, 0.2) is 23.1 Å². The van der Waals surface area contributed by atoms with Crippen molar-refractivity contribution in [1.29, 1.82) is 0 Å². The molecule has 1 aromatic rings. The average molecular weight is 284 g/mol. The Kier molecular flexibility index (Phi) is 4.64. The predicted octanol–water partition coefficient (Wildman–Crippen LogP) is 0.568. The number of primary sulfonamides is 1. The van der Waals surface area contributed by atoms with Gasteiger partial charge >= 0.3 is 0 Å². The lowest BCUT2D eigenvalue weighted by molar-refractivity contribution is 0.0784. The molecule has 0 unspecified atom stereocenters. The minimum Gasteiger partial charge on any atom is -0.328 e. The highest BCUT2D eigenvalue weighted by molar-refractivity contribution is 7.89. The Bertz CT molecular complexity index is 635. The third kappa shape index (κ3) is 3.77. The fourth-order valence-corrected chi connectivity index (χ4v) is 2.04. The number of halogens is 1. The van der Waals surface area contributed by atoms with E-state index in [0.29, 0.717) is 6.54 Å². The Hall–Kier alpha value is -1.91. The van der Waals surface area contributed by atoms with E-state index in [1.165, 1.54) is 4.90 Å². The first-order chi connectivity index (χ1) is 8.79. The summed E-state index contributed by atoms with van der Waals surface area (Å²) in [5, 5.41) is 4.91. The van der Waals surface area contributed by atoms with E-state index in [1.807, 2.05) is 0 Å². The molecule has 1 rings (SSSR count). The van der Waals surface area contributed by atoms with Gasteiger partial charge in [0.15, 0.2) is 0 Å². The van der Waals surface area contributed by atoms with E-state index < -0.39 is 26.6 Å². The molecular weight excluding hydrogens is 271 g/mol. The summed E-state index contributed by atoms with van der Waals surface area (Å²) < 4.78 is 35.7. The summed E-state index contributed by atoms with van der Waals surface area (Å²) in [7, 11) is -4.08. The van der Waals surface area contributed by atoms with Gasteiger partial charge in [0, 0.05) is 12.1 Å². The normalized spacial score (nSPS) is 10.8. The molecule has 0 radical (unpaired) electrons. The van der Waals surface area contributed by atoms with Gasteiger partial charge in [-0.05, 0) is 25.1 Å². The highest BCUT2D eigenvalue weighted by atomic mass is 32.2. The molecule has 0 atom stereocenters. The molecule has 0 saturated heterocycles. The highest BCUT2D eigenvalue weighted by Crippen LogP contribution is 2.15. The summed E-state index contributed by atoms with van der Waals surface area (Å²) in [5.74, 6) is 0.891. The SMILES string of the molecule is C#CCN(CC)C(=O)c1cc(F)cc(S(N)(=O)=O)c1. The fourth-order valence-electron chi connectivity index (χ4n) is 1.47. The Morgan fingerprint density at radius 1 is 1.47 bits per heavy atom. The second-order valence-electron chi connectivity index (χ2n) is 3.74. The van der Waals surface area contributed by atoms with Crippen molar-refractivity contribution in [2.24, 2.45) is 5.14 Å². The number of rotatable bonds is 4. The third-order valence-corrected chi connectivity index (χ3v) is 3.29. The number of carbonyl (C=O) groups is 1. The summed E-state index contributed by atoms with van der Waals surface area (Å²) in [6.45, 7) is 2.08. The molecule has 5 nitrogen and oxygen atoms in total. The zero-order chi connectivity index (χ0) is 14.6. The van der Waals surface area contributed by atoms with E-state index in [0.717, 1.165) is 18.2 Å². The van der Waals surface area contributed by atoms with Crippen LogP contribution in [0.25, 0.3) is 0 Å². The van der Waals surface area contributed by atoms with Crippen LogP contribution >= 0.6 is 0 Å². The number of benzene rings is 1. The van der Waals surface area contributed by atoms with Gasteiger partial charge in [-0.3, -0.25) is 4.79 Å². The first-order valence-electron chi connectivity index (χ1n) is 5.35. The summed E-state index contributed by atoms with van der Waals surface area (Å²) in [4.78, 5) is 12.9. The predicted molar refractivity (Wildman–Crippen MR) is 68.2 cm³/mol. The fraction of sp³-hybridized carbons (Fsp3) is 0.250. The van der Waals surface area contributed by atoms with Crippen LogP contribution in [0.4, 0.5) is 4.39 Å². The zero-order valence-electron chi connectivity index (χ0n) is 10.3. The lowest BCUT2D eigenvalue weighted by Gasteiger charge is -2.18. The van der Waals surface area contributed by atoms with Crippen molar-refractivity contribution in [3.8, 4) is 12.3 Å². The van der Waals surface area contributed by atoms with Crippen LogP contribution in [-0.4, -0.2) is 32.3 Å². The van der Waals surface area contributed by atoms with E-state index in [1.54, 1.807) is 6.92 Å². The quantitative estimate of drug-likeness (QED) is 0.821. The Labute approximate surface area is 111 Å². The molecule has 7 heteroatoms. The van der Waals surface area contributed by atoms with Gasteiger partial charge in [0.05, 0.1) is 11.4 Å². The zero-order valence-corrected chi connectivity index (χ0v) is 11.1. The van der Waals surface area contributed by atoms with Gasteiger partial charge in [-0.15, -0.1) is 6.42 Å². The van der Waals surface area contributed by atoms with Crippen molar-refractivity contribution in [2.75, 3.05) is 13.1 Å². The van der Waals surface area contributed by atoms with Gasteiger partial charge in [0.25, 0.3) is 5.91 Å². The van der Waals surface area contributed by atoms with E-state index in [2.05, 4.69) is 5.92 Å². The van der Waals surface area contributed by atoms with Crippen molar-refractivity contribution < 1.29 is 17.6 Å². The molecule has 0 aliphatic rings. The van der Waals surface area contributed by atoms with Gasteiger partial charge < -0.3 is 4.90 Å². The molecule has 0 spiro atoms. The molecule has 1 amide bonds. The lowest BCUT2D eigenvalue weighted by atomic mass is 10.2. The van der Waals surface area contributed by atoms with Crippen LogP contribution in [0.2, 0.25) is 0 Å². The molecule has 2 N–H and O–H groups in total. The maximum absolute atomic E-state index is 13.3. The number of hydrogen-bond acceptors (Lipinski definition) is 3. The molecule has 0 saturated carbocycles. The van der Waals surface area contributed by atoms with Crippen molar-refractivity contribution in [3.63, 3.8) is 0 Å². The Morgan fingerprint density at radius 3 is 2.58 bits per heavy atom. The molecule has 0 fully saturated rings. The number of amides is 1. The van der Waals surface area contributed by atoms with E-state index in [4.69, 9.17) is 11.6 Å². The first-order valence-corrected chi connectivity index (χ1v) is 6.90. The summed E-state index contributed by atoms with van der Waals surface area (Å²) in [6, 6.07) is 2.72. The van der Waals surface area contributed by atoms with Gasteiger partial charge in [-0.1, -0.05) is 5.92 Å². The van der Waals surface area contributed by atoms with Crippen molar-refractivity contribution in [2.45, 2.75) is 11.8 Å². The highest BCUT2D eigenvalue weighted by Gasteiger charge is 2.18. The molecule has 0 aromatic heterocycles. The number of nitrogens with zero attached hydrogens (tertiary/aromatic N) is 1. The molecule has 0 bridgehead atoms. The van der Waals surface area contributed by atoms with Crippen molar-refractivity contribution in [3.05, 3.63) is 29.6 Å². The maximum atomic E-state index is 13.3. The monoisotopic (exact) mass is 284 g/mol. The number of terminal acetylenes is 1. The molecule has 102 valence electrons. The summed E-state index contributed by atoms with van der Waals surface area (Å²) >= 11 is 0. The van der Waals surface area contributed by atoms with Crippen molar-refractivity contribution >= 4 is 15.9 Å². The van der Waals surface area contributed by atoms with Crippen LogP contribution in [0.1, 0.15) is 17.3 Å².